The second-order valence-corrected chi connectivity index (χ2v) is 14.1. The second-order valence-electron chi connectivity index (χ2n) is 11.3. The molecule has 0 aliphatic rings. The molecule has 0 fully saturated rings. The first-order valence-corrected chi connectivity index (χ1v) is 16.9. The van der Waals surface area contributed by atoms with Gasteiger partial charge >= 0.3 is 0 Å². The van der Waals surface area contributed by atoms with Crippen molar-refractivity contribution < 1.29 is 18.0 Å². The Morgan fingerprint density at radius 2 is 1.52 bits per heavy atom. The zero-order valence-electron chi connectivity index (χ0n) is 25.1. The molecule has 7 nitrogen and oxygen atoms in total. The fourth-order valence-electron chi connectivity index (χ4n) is 4.86. The predicted molar refractivity (Wildman–Crippen MR) is 174 cm³/mol. The molecular weight excluding hydrogens is 614 g/mol. The number of amides is 2. The minimum absolute atomic E-state index is 0.0933. The number of halogens is 1. The highest BCUT2D eigenvalue weighted by Gasteiger charge is 2.30. The van der Waals surface area contributed by atoms with E-state index in [1.54, 1.807) is 4.90 Å². The highest BCUT2D eigenvalue weighted by atomic mass is 79.9. The summed E-state index contributed by atoms with van der Waals surface area (Å²) in [5.74, 6) is -0.146. The highest BCUT2D eigenvalue weighted by molar-refractivity contribution is 9.10. The van der Waals surface area contributed by atoms with E-state index in [0.717, 1.165) is 26.7 Å². The third-order valence-corrected chi connectivity index (χ3v) is 8.59. The molecule has 0 saturated heterocycles. The fraction of sp³-hybridized carbons (Fsp3) is 0.394. The molecule has 0 aliphatic heterocycles. The van der Waals surface area contributed by atoms with Crippen LogP contribution in [0.1, 0.15) is 48.9 Å². The Balaban J connectivity index is 1.89. The molecule has 1 atom stereocenters. The summed E-state index contributed by atoms with van der Waals surface area (Å²) in [5.41, 5.74) is 4.37. The van der Waals surface area contributed by atoms with Gasteiger partial charge in [0.15, 0.2) is 0 Å². The van der Waals surface area contributed by atoms with Crippen molar-refractivity contribution in [2.75, 3.05) is 23.7 Å². The van der Waals surface area contributed by atoms with Crippen LogP contribution in [0, 0.1) is 19.8 Å². The number of hydrogen-bond acceptors (Lipinski definition) is 4. The van der Waals surface area contributed by atoms with Crippen LogP contribution in [-0.2, 0) is 32.6 Å². The van der Waals surface area contributed by atoms with Gasteiger partial charge in [0, 0.05) is 36.9 Å². The molecular formula is C33H42BrN3O4S. The Kier molecular flexibility index (Phi) is 12.2. The summed E-state index contributed by atoms with van der Waals surface area (Å²) in [7, 11) is -3.57. The van der Waals surface area contributed by atoms with Crippen LogP contribution in [0.4, 0.5) is 5.69 Å². The van der Waals surface area contributed by atoms with Crippen molar-refractivity contribution in [3.63, 3.8) is 0 Å². The summed E-state index contributed by atoms with van der Waals surface area (Å²) in [4.78, 5) is 29.2. The van der Waals surface area contributed by atoms with Crippen molar-refractivity contribution >= 4 is 43.5 Å². The average molecular weight is 657 g/mol. The Hall–Kier alpha value is -3.17. The van der Waals surface area contributed by atoms with E-state index in [1.807, 2.05) is 100 Å². The van der Waals surface area contributed by atoms with Crippen LogP contribution in [0.3, 0.4) is 0 Å². The van der Waals surface area contributed by atoms with E-state index in [9.17, 15) is 18.0 Å². The van der Waals surface area contributed by atoms with Gasteiger partial charge in [0.2, 0.25) is 21.8 Å². The molecule has 3 aromatic carbocycles. The number of sulfonamides is 1. The zero-order valence-corrected chi connectivity index (χ0v) is 27.5. The van der Waals surface area contributed by atoms with Gasteiger partial charge in [0.1, 0.15) is 6.04 Å². The van der Waals surface area contributed by atoms with Crippen LogP contribution < -0.4 is 9.62 Å². The third-order valence-electron chi connectivity index (χ3n) is 6.87. The van der Waals surface area contributed by atoms with E-state index in [0.29, 0.717) is 25.1 Å². The van der Waals surface area contributed by atoms with E-state index in [1.165, 1.54) is 10.6 Å². The van der Waals surface area contributed by atoms with Gasteiger partial charge in [-0.1, -0.05) is 78.3 Å². The second kappa shape index (κ2) is 15.3. The molecule has 0 saturated carbocycles. The van der Waals surface area contributed by atoms with Crippen molar-refractivity contribution in [3.8, 4) is 0 Å². The molecule has 3 rings (SSSR count). The van der Waals surface area contributed by atoms with Gasteiger partial charge in [-0.25, -0.2) is 8.42 Å². The number of carbonyl (C=O) groups is 2. The molecule has 2 amide bonds. The van der Waals surface area contributed by atoms with Crippen LogP contribution in [0.15, 0.2) is 77.3 Å². The summed E-state index contributed by atoms with van der Waals surface area (Å²) < 4.78 is 27.7. The highest BCUT2D eigenvalue weighted by Crippen LogP contribution is 2.23. The standard InChI is InChI=1S/C33H42BrN3O4S/c1-24(2)22-35-33(39)31(21-27-10-7-6-8-11-27)36(23-28-13-15-29(34)16-14-28)32(38)12-9-17-37(42(5,40)41)30-19-25(3)18-26(4)20-30/h6-8,10-11,13-16,18-20,24,31H,9,12,17,21-23H2,1-5H3,(H,35,39). The summed E-state index contributed by atoms with van der Waals surface area (Å²) in [6.07, 6.45) is 1.95. The van der Waals surface area contributed by atoms with Crippen molar-refractivity contribution in [3.05, 3.63) is 99.5 Å². The van der Waals surface area contributed by atoms with Gasteiger partial charge in [-0.05, 0) is 72.7 Å². The number of aryl methyl sites for hydroxylation is 2. The Morgan fingerprint density at radius 1 is 0.905 bits per heavy atom. The lowest BCUT2D eigenvalue weighted by Gasteiger charge is -2.32. The smallest absolute Gasteiger partial charge is 0.243 e. The van der Waals surface area contributed by atoms with E-state index >= 15 is 0 Å². The van der Waals surface area contributed by atoms with E-state index in [2.05, 4.69) is 21.2 Å². The molecule has 9 heteroatoms. The first kappa shape index (κ1) is 33.3. The van der Waals surface area contributed by atoms with Gasteiger partial charge in [-0.3, -0.25) is 13.9 Å². The van der Waals surface area contributed by atoms with Gasteiger partial charge in [-0.15, -0.1) is 0 Å². The fourth-order valence-corrected chi connectivity index (χ4v) is 6.07. The number of anilines is 1. The quantitative estimate of drug-likeness (QED) is 0.230. The summed E-state index contributed by atoms with van der Waals surface area (Å²) in [5, 5.41) is 3.03. The Morgan fingerprint density at radius 3 is 2.10 bits per heavy atom. The van der Waals surface area contributed by atoms with Crippen molar-refractivity contribution in [2.24, 2.45) is 5.92 Å². The normalized spacial score (nSPS) is 12.2. The Bertz CT molecular complexity index is 1420. The number of carbonyl (C=O) groups excluding carboxylic acids is 2. The van der Waals surface area contributed by atoms with Gasteiger partial charge < -0.3 is 10.2 Å². The molecule has 1 N–H and O–H groups in total. The molecule has 0 radical (unpaired) electrons. The molecule has 226 valence electrons. The van der Waals surface area contributed by atoms with E-state index in [-0.39, 0.29) is 37.2 Å². The molecule has 0 aliphatic carbocycles. The third kappa shape index (κ3) is 10.3. The maximum absolute atomic E-state index is 13.9. The average Bonchev–Trinajstić information content (AvgIpc) is 2.91. The van der Waals surface area contributed by atoms with Gasteiger partial charge in [-0.2, -0.15) is 0 Å². The van der Waals surface area contributed by atoms with Gasteiger partial charge in [0.25, 0.3) is 0 Å². The largest absolute Gasteiger partial charge is 0.354 e. The summed E-state index contributed by atoms with van der Waals surface area (Å²) in [6, 6.07) is 22.3. The monoisotopic (exact) mass is 655 g/mol. The number of hydrogen-bond donors (Lipinski definition) is 1. The minimum atomic E-state index is -3.57. The summed E-state index contributed by atoms with van der Waals surface area (Å²) >= 11 is 3.46. The lowest BCUT2D eigenvalue weighted by atomic mass is 10.0. The molecule has 1 unspecified atom stereocenters. The number of nitrogens with one attached hydrogen (secondary N) is 1. The van der Waals surface area contributed by atoms with Crippen molar-refractivity contribution in [2.45, 2.75) is 59.5 Å². The Labute approximate surface area is 259 Å². The molecule has 3 aromatic rings. The zero-order chi connectivity index (χ0) is 30.9. The first-order valence-electron chi connectivity index (χ1n) is 14.2. The van der Waals surface area contributed by atoms with E-state index in [4.69, 9.17) is 0 Å². The molecule has 0 aromatic heterocycles. The maximum Gasteiger partial charge on any atom is 0.243 e. The number of nitrogens with zero attached hydrogens (tertiary/aromatic N) is 2. The molecule has 0 bridgehead atoms. The first-order chi connectivity index (χ1) is 19.8. The van der Waals surface area contributed by atoms with Crippen molar-refractivity contribution in [1.82, 2.24) is 10.2 Å². The lowest BCUT2D eigenvalue weighted by Crippen LogP contribution is -2.51. The maximum atomic E-state index is 13.9. The SMILES string of the molecule is Cc1cc(C)cc(N(CCCC(=O)N(Cc2ccc(Br)cc2)C(Cc2ccccc2)C(=O)NCC(C)C)S(C)(=O)=O)c1. The number of benzene rings is 3. The van der Waals surface area contributed by atoms with Crippen LogP contribution in [0.5, 0.6) is 0 Å². The van der Waals surface area contributed by atoms with Crippen LogP contribution in [0.25, 0.3) is 0 Å². The summed E-state index contributed by atoms with van der Waals surface area (Å²) in [6.45, 7) is 8.83. The predicted octanol–water partition coefficient (Wildman–Crippen LogP) is 6.02. The number of rotatable bonds is 14. The van der Waals surface area contributed by atoms with Crippen LogP contribution in [-0.4, -0.2) is 50.5 Å². The van der Waals surface area contributed by atoms with E-state index < -0.39 is 16.1 Å². The molecule has 0 spiro atoms. The van der Waals surface area contributed by atoms with Crippen LogP contribution in [0.2, 0.25) is 0 Å². The van der Waals surface area contributed by atoms with Crippen LogP contribution >= 0.6 is 15.9 Å². The lowest BCUT2D eigenvalue weighted by molar-refractivity contribution is -0.141. The minimum Gasteiger partial charge on any atom is -0.354 e. The van der Waals surface area contributed by atoms with Gasteiger partial charge in [0.05, 0.1) is 11.9 Å². The molecule has 42 heavy (non-hydrogen) atoms. The van der Waals surface area contributed by atoms with Crippen molar-refractivity contribution in [1.29, 1.82) is 0 Å². The topological polar surface area (TPSA) is 86.8 Å². The molecule has 0 heterocycles.